The molecule has 1 aromatic rings. The number of ether oxygens (including phenoxy) is 4. The fourth-order valence-electron chi connectivity index (χ4n) is 4.31. The summed E-state index contributed by atoms with van der Waals surface area (Å²) in [5.41, 5.74) is 0. The van der Waals surface area contributed by atoms with Crippen molar-refractivity contribution in [1.29, 1.82) is 0 Å². The first-order chi connectivity index (χ1) is 12.2. The van der Waals surface area contributed by atoms with Gasteiger partial charge in [0.05, 0.1) is 19.3 Å². The molecule has 3 aliphatic rings. The van der Waals surface area contributed by atoms with Crippen LogP contribution < -0.4 is 4.74 Å². The van der Waals surface area contributed by atoms with Gasteiger partial charge in [-0.15, -0.1) is 0 Å². The molecule has 1 saturated carbocycles. The number of para-hydroxylation sites is 1. The van der Waals surface area contributed by atoms with Crippen molar-refractivity contribution in [3.63, 3.8) is 0 Å². The zero-order valence-corrected chi connectivity index (χ0v) is 14.5. The molecule has 136 valence electrons. The zero-order valence-electron chi connectivity index (χ0n) is 14.5. The van der Waals surface area contributed by atoms with E-state index < -0.39 is 12.1 Å². The van der Waals surface area contributed by atoms with Crippen LogP contribution in [0.15, 0.2) is 42.5 Å². The summed E-state index contributed by atoms with van der Waals surface area (Å²) in [4.78, 5) is 0. The number of fused-ring (bicyclic) bond motifs is 1. The highest BCUT2D eigenvalue weighted by atomic mass is 16.8. The molecule has 2 aliphatic heterocycles. The van der Waals surface area contributed by atoms with Gasteiger partial charge in [-0.1, -0.05) is 31.2 Å². The van der Waals surface area contributed by atoms with E-state index >= 15 is 0 Å². The molecule has 25 heavy (non-hydrogen) atoms. The standard InChI is InChI=1S/C20H26O5/c1-14-11-18-17(12-19(21)25-18)16(14)7-8-20(23-9-10-24-20)13-22-15-5-3-2-4-6-15/h2-8,14,16-19,21H,9-13H2,1H3/b8-7+/t14-,16+,17-,18+,19?/m1/s1. The van der Waals surface area contributed by atoms with Crippen molar-refractivity contribution in [1.82, 2.24) is 0 Å². The highest BCUT2D eigenvalue weighted by molar-refractivity contribution is 5.21. The van der Waals surface area contributed by atoms with Crippen molar-refractivity contribution in [3.8, 4) is 5.75 Å². The van der Waals surface area contributed by atoms with Crippen LogP contribution in [0.2, 0.25) is 0 Å². The number of hydrogen-bond donors (Lipinski definition) is 1. The highest BCUT2D eigenvalue weighted by Gasteiger charge is 2.47. The SMILES string of the molecule is C[C@@H]1C[C@@H]2OC(O)C[C@@H]2[C@H]1/C=C/C1(COc2ccccc2)OCCO1. The van der Waals surface area contributed by atoms with Crippen molar-refractivity contribution in [2.75, 3.05) is 19.8 Å². The first-order valence-corrected chi connectivity index (χ1v) is 9.14. The quantitative estimate of drug-likeness (QED) is 0.831. The van der Waals surface area contributed by atoms with Crippen LogP contribution in [-0.4, -0.2) is 43.1 Å². The number of aliphatic hydroxyl groups excluding tert-OH is 1. The second-order valence-electron chi connectivity index (χ2n) is 7.29. The van der Waals surface area contributed by atoms with E-state index in [9.17, 15) is 5.11 Å². The third kappa shape index (κ3) is 3.60. The predicted octanol–water partition coefficient (Wildman–Crippen LogP) is 2.74. The van der Waals surface area contributed by atoms with Gasteiger partial charge in [0.1, 0.15) is 12.4 Å². The minimum Gasteiger partial charge on any atom is -0.488 e. The van der Waals surface area contributed by atoms with Gasteiger partial charge in [0, 0.05) is 6.42 Å². The van der Waals surface area contributed by atoms with E-state index in [0.29, 0.717) is 44.0 Å². The highest BCUT2D eigenvalue weighted by Crippen LogP contribution is 2.46. The van der Waals surface area contributed by atoms with E-state index in [1.54, 1.807) is 0 Å². The van der Waals surface area contributed by atoms with Crippen LogP contribution in [0.4, 0.5) is 0 Å². The number of benzene rings is 1. The van der Waals surface area contributed by atoms with Crippen LogP contribution in [-0.2, 0) is 14.2 Å². The van der Waals surface area contributed by atoms with Gasteiger partial charge in [-0.05, 0) is 42.4 Å². The van der Waals surface area contributed by atoms with Gasteiger partial charge in [-0.3, -0.25) is 0 Å². The molecule has 2 heterocycles. The van der Waals surface area contributed by atoms with Crippen molar-refractivity contribution in [2.24, 2.45) is 17.8 Å². The summed E-state index contributed by atoms with van der Waals surface area (Å²) in [5.74, 6) is 1.23. The van der Waals surface area contributed by atoms with Gasteiger partial charge in [0.25, 0.3) is 0 Å². The molecule has 0 amide bonds. The Balaban J connectivity index is 1.45. The summed E-state index contributed by atoms with van der Waals surface area (Å²) in [7, 11) is 0. The maximum absolute atomic E-state index is 9.76. The Morgan fingerprint density at radius 2 is 1.96 bits per heavy atom. The Labute approximate surface area is 148 Å². The van der Waals surface area contributed by atoms with Crippen molar-refractivity contribution < 1.29 is 24.1 Å². The lowest BCUT2D eigenvalue weighted by Crippen LogP contribution is -2.35. The second kappa shape index (κ2) is 7.08. The Hall–Kier alpha value is -1.40. The lowest BCUT2D eigenvalue weighted by atomic mass is 9.87. The van der Waals surface area contributed by atoms with Gasteiger partial charge in [-0.2, -0.15) is 0 Å². The van der Waals surface area contributed by atoms with Crippen molar-refractivity contribution in [3.05, 3.63) is 42.5 Å². The topological polar surface area (TPSA) is 57.2 Å². The average Bonchev–Trinajstić information content (AvgIpc) is 3.28. The molecule has 0 spiro atoms. The molecule has 1 N–H and O–H groups in total. The number of aliphatic hydroxyl groups is 1. The molecule has 5 heteroatoms. The summed E-state index contributed by atoms with van der Waals surface area (Å²) in [5, 5.41) is 9.76. The molecule has 3 fully saturated rings. The molecular weight excluding hydrogens is 320 g/mol. The molecule has 1 unspecified atom stereocenters. The Morgan fingerprint density at radius 3 is 2.72 bits per heavy atom. The molecule has 5 atom stereocenters. The number of hydrogen-bond acceptors (Lipinski definition) is 5. The number of rotatable bonds is 5. The van der Waals surface area contributed by atoms with Crippen LogP contribution in [0.25, 0.3) is 0 Å². The summed E-state index contributed by atoms with van der Waals surface area (Å²) in [6.45, 7) is 3.70. The van der Waals surface area contributed by atoms with Crippen LogP contribution >= 0.6 is 0 Å². The average molecular weight is 346 g/mol. The van der Waals surface area contributed by atoms with Crippen LogP contribution in [0, 0.1) is 17.8 Å². The van der Waals surface area contributed by atoms with Crippen LogP contribution in [0.1, 0.15) is 19.8 Å². The van der Waals surface area contributed by atoms with Gasteiger partial charge in [0.2, 0.25) is 5.79 Å². The first kappa shape index (κ1) is 17.0. The van der Waals surface area contributed by atoms with E-state index in [-0.39, 0.29) is 6.10 Å². The van der Waals surface area contributed by atoms with Crippen LogP contribution in [0.3, 0.4) is 0 Å². The first-order valence-electron chi connectivity index (χ1n) is 9.14. The van der Waals surface area contributed by atoms with Crippen molar-refractivity contribution in [2.45, 2.75) is 37.9 Å². The summed E-state index contributed by atoms with van der Waals surface area (Å²) < 4.78 is 23.2. The van der Waals surface area contributed by atoms with E-state index in [1.807, 2.05) is 36.4 Å². The molecule has 0 bridgehead atoms. The maximum atomic E-state index is 9.76. The lowest BCUT2D eigenvalue weighted by molar-refractivity contribution is -0.139. The van der Waals surface area contributed by atoms with Crippen molar-refractivity contribution >= 4 is 0 Å². The third-order valence-corrected chi connectivity index (χ3v) is 5.57. The van der Waals surface area contributed by atoms with Gasteiger partial charge in [0.15, 0.2) is 6.29 Å². The summed E-state index contributed by atoms with van der Waals surface area (Å²) >= 11 is 0. The van der Waals surface area contributed by atoms with Gasteiger partial charge >= 0.3 is 0 Å². The Morgan fingerprint density at radius 1 is 1.20 bits per heavy atom. The molecule has 0 aromatic heterocycles. The Bertz CT molecular complexity index is 595. The van der Waals surface area contributed by atoms with E-state index in [4.69, 9.17) is 18.9 Å². The predicted molar refractivity (Wildman–Crippen MR) is 92.0 cm³/mol. The van der Waals surface area contributed by atoms with E-state index in [2.05, 4.69) is 13.0 Å². The molecule has 1 aromatic carbocycles. The number of allylic oxidation sites excluding steroid dienone is 1. The Kier molecular flexibility index (Phi) is 4.82. The molecule has 4 rings (SSSR count). The largest absolute Gasteiger partial charge is 0.488 e. The second-order valence-corrected chi connectivity index (χ2v) is 7.29. The van der Waals surface area contributed by atoms with E-state index in [0.717, 1.165) is 12.2 Å². The third-order valence-electron chi connectivity index (χ3n) is 5.57. The fourth-order valence-corrected chi connectivity index (χ4v) is 4.31. The summed E-state index contributed by atoms with van der Waals surface area (Å²) in [6.07, 6.45) is 5.45. The maximum Gasteiger partial charge on any atom is 0.223 e. The monoisotopic (exact) mass is 346 g/mol. The fraction of sp³-hybridized carbons (Fsp3) is 0.600. The molecule has 0 radical (unpaired) electrons. The molecule has 2 saturated heterocycles. The van der Waals surface area contributed by atoms with Crippen LogP contribution in [0.5, 0.6) is 5.75 Å². The van der Waals surface area contributed by atoms with Gasteiger partial charge in [-0.25, -0.2) is 0 Å². The molecule has 1 aliphatic carbocycles. The lowest BCUT2D eigenvalue weighted by Gasteiger charge is -2.25. The molecular formula is C20H26O5. The minimum absolute atomic E-state index is 0.168. The minimum atomic E-state index is -0.828. The molecule has 5 nitrogen and oxygen atoms in total. The summed E-state index contributed by atoms with van der Waals surface area (Å²) in [6, 6.07) is 9.70. The van der Waals surface area contributed by atoms with E-state index in [1.165, 1.54) is 0 Å². The normalized spacial score (nSPS) is 36.8. The smallest absolute Gasteiger partial charge is 0.223 e. The van der Waals surface area contributed by atoms with Gasteiger partial charge < -0.3 is 24.1 Å². The zero-order chi connectivity index (χ0) is 17.3.